The quantitative estimate of drug-likeness (QED) is 0.556. The molecule has 1 aromatic carbocycles. The van der Waals surface area contributed by atoms with Crippen molar-refractivity contribution in [2.75, 3.05) is 0 Å². The first-order valence-corrected chi connectivity index (χ1v) is 6.83. The van der Waals surface area contributed by atoms with Crippen LogP contribution in [-0.2, 0) is 5.54 Å². The van der Waals surface area contributed by atoms with Crippen LogP contribution in [0.15, 0.2) is 22.7 Å². The molecule has 0 bridgehead atoms. The third kappa shape index (κ3) is 1.79. The monoisotopic (exact) mass is 300 g/mol. The Morgan fingerprint density at radius 1 is 1.41 bits per heavy atom. The molecule has 1 aliphatic rings. The van der Waals surface area contributed by atoms with Gasteiger partial charge in [-0.05, 0) is 25.3 Å². The van der Waals surface area contributed by atoms with Gasteiger partial charge >= 0.3 is 0 Å². The fourth-order valence-corrected chi connectivity index (χ4v) is 2.58. The first-order chi connectivity index (χ1) is 10.6. The van der Waals surface area contributed by atoms with Crippen molar-refractivity contribution in [3.05, 3.63) is 34.1 Å². The summed E-state index contributed by atoms with van der Waals surface area (Å²) in [4.78, 5) is 14.8. The fourth-order valence-electron chi connectivity index (χ4n) is 2.58. The van der Waals surface area contributed by atoms with Crippen molar-refractivity contribution in [3.63, 3.8) is 0 Å². The van der Waals surface area contributed by atoms with Gasteiger partial charge in [-0.3, -0.25) is 15.2 Å². The van der Waals surface area contributed by atoms with Gasteiger partial charge in [-0.1, -0.05) is 5.16 Å². The molecule has 1 aliphatic carbocycles. The van der Waals surface area contributed by atoms with Gasteiger partial charge in [0.1, 0.15) is 0 Å². The van der Waals surface area contributed by atoms with Crippen LogP contribution in [-0.4, -0.2) is 25.3 Å². The highest BCUT2D eigenvalue weighted by Crippen LogP contribution is 2.38. The molecule has 112 valence electrons. The number of benzene rings is 1. The lowest BCUT2D eigenvalue weighted by molar-refractivity contribution is -0.384. The van der Waals surface area contributed by atoms with Crippen molar-refractivity contribution in [1.82, 2.24) is 20.3 Å². The van der Waals surface area contributed by atoms with Crippen LogP contribution in [0.3, 0.4) is 0 Å². The molecule has 0 atom stereocenters. The zero-order valence-electron chi connectivity index (χ0n) is 11.4. The summed E-state index contributed by atoms with van der Waals surface area (Å²) < 4.78 is 5.25. The van der Waals surface area contributed by atoms with E-state index in [1.54, 1.807) is 6.07 Å². The van der Waals surface area contributed by atoms with Gasteiger partial charge in [-0.25, -0.2) is 0 Å². The van der Waals surface area contributed by atoms with E-state index in [9.17, 15) is 10.1 Å². The number of nitro benzene ring substituents is 1. The Labute approximate surface area is 123 Å². The van der Waals surface area contributed by atoms with Crippen molar-refractivity contribution < 1.29 is 9.45 Å². The molecule has 0 saturated heterocycles. The molecule has 0 radical (unpaired) electrons. The third-order valence-corrected chi connectivity index (χ3v) is 4.08. The van der Waals surface area contributed by atoms with Crippen LogP contribution in [0.5, 0.6) is 0 Å². The van der Waals surface area contributed by atoms with Crippen LogP contribution in [0.1, 0.15) is 25.1 Å². The molecule has 0 amide bonds. The van der Waals surface area contributed by atoms with Crippen molar-refractivity contribution >= 4 is 16.6 Å². The number of hydrogen-bond donors (Lipinski definition) is 2. The van der Waals surface area contributed by atoms with E-state index in [1.807, 2.05) is 0 Å². The Morgan fingerprint density at radius 3 is 2.91 bits per heavy atom. The summed E-state index contributed by atoms with van der Waals surface area (Å²) in [5, 5.41) is 22.3. The van der Waals surface area contributed by atoms with E-state index < -0.39 is 10.5 Å². The first-order valence-electron chi connectivity index (χ1n) is 6.83. The van der Waals surface area contributed by atoms with Gasteiger partial charge in [0.25, 0.3) is 11.6 Å². The van der Waals surface area contributed by atoms with Crippen molar-refractivity contribution in [2.45, 2.75) is 24.8 Å². The van der Waals surface area contributed by atoms with Gasteiger partial charge in [0.05, 0.1) is 16.0 Å². The number of nitrogens with zero attached hydrogens (tertiary/aromatic N) is 4. The number of aromatic nitrogens is 4. The Balaban J connectivity index is 1.80. The Hall–Kier alpha value is -2.81. The highest BCUT2D eigenvalue weighted by atomic mass is 16.6. The predicted molar refractivity (Wildman–Crippen MR) is 75.8 cm³/mol. The Kier molecular flexibility index (Phi) is 2.54. The normalized spacial score (nSPS) is 16.6. The molecular weight excluding hydrogens is 288 g/mol. The molecule has 9 heteroatoms. The number of nitro groups is 1. The van der Waals surface area contributed by atoms with E-state index in [0.29, 0.717) is 22.4 Å². The average molecular weight is 300 g/mol. The van der Waals surface area contributed by atoms with E-state index in [2.05, 4.69) is 20.3 Å². The van der Waals surface area contributed by atoms with Gasteiger partial charge in [0.2, 0.25) is 0 Å². The first kappa shape index (κ1) is 12.9. The van der Waals surface area contributed by atoms with Gasteiger partial charge in [0.15, 0.2) is 11.5 Å². The Morgan fingerprint density at radius 2 is 2.23 bits per heavy atom. The number of nitrogens with two attached hydrogens (primary N) is 1. The number of hydrogen-bond acceptors (Lipinski definition) is 7. The van der Waals surface area contributed by atoms with Gasteiger partial charge < -0.3 is 10.3 Å². The second-order valence-corrected chi connectivity index (χ2v) is 5.49. The van der Waals surface area contributed by atoms with E-state index >= 15 is 0 Å². The maximum atomic E-state index is 10.9. The van der Waals surface area contributed by atoms with Crippen molar-refractivity contribution in [3.8, 4) is 11.6 Å². The summed E-state index contributed by atoms with van der Waals surface area (Å²) in [5.74, 6) is 0.661. The number of nitrogens with one attached hydrogen (secondary N) is 1. The third-order valence-electron chi connectivity index (χ3n) is 4.08. The summed E-state index contributed by atoms with van der Waals surface area (Å²) in [7, 11) is 0. The number of rotatable bonds is 3. The molecule has 0 unspecified atom stereocenters. The molecule has 3 aromatic rings. The molecule has 0 aliphatic heterocycles. The zero-order valence-corrected chi connectivity index (χ0v) is 11.4. The number of fused-ring (bicyclic) bond motifs is 1. The maximum Gasteiger partial charge on any atom is 0.279 e. The molecular formula is C13H12N6O3. The molecule has 4 rings (SSSR count). The standard InChI is InChI=1S/C13H12N6O3/c14-13(4-1-5-13)12-15-11(22-18-12)10-8-6-7(19(20)21)2-3-9(8)16-17-10/h2-3,6H,1,4-5,14H2,(H,16,17). The lowest BCUT2D eigenvalue weighted by Crippen LogP contribution is -2.44. The van der Waals surface area contributed by atoms with E-state index in [0.717, 1.165) is 19.3 Å². The lowest BCUT2D eigenvalue weighted by atomic mass is 9.77. The van der Waals surface area contributed by atoms with Gasteiger partial charge in [-0.15, -0.1) is 0 Å². The lowest BCUT2D eigenvalue weighted by Gasteiger charge is -2.34. The van der Waals surface area contributed by atoms with Crippen molar-refractivity contribution in [1.29, 1.82) is 0 Å². The van der Waals surface area contributed by atoms with Gasteiger partial charge in [0, 0.05) is 17.5 Å². The van der Waals surface area contributed by atoms with Crippen molar-refractivity contribution in [2.24, 2.45) is 5.73 Å². The minimum absolute atomic E-state index is 0.0239. The topological polar surface area (TPSA) is 137 Å². The molecule has 2 heterocycles. The van der Waals surface area contributed by atoms with Crippen LogP contribution >= 0.6 is 0 Å². The molecule has 1 saturated carbocycles. The van der Waals surface area contributed by atoms with Crippen LogP contribution in [0.4, 0.5) is 5.69 Å². The fraction of sp³-hybridized carbons (Fsp3) is 0.308. The maximum absolute atomic E-state index is 10.9. The SMILES string of the molecule is NC1(c2noc(-c3n[nH]c4ccc([N+](=O)[O-])cc34)n2)CCC1. The Bertz CT molecular complexity index is 879. The molecule has 9 nitrogen and oxygen atoms in total. The zero-order chi connectivity index (χ0) is 15.3. The molecule has 2 aromatic heterocycles. The van der Waals surface area contributed by atoms with E-state index in [1.165, 1.54) is 12.1 Å². The molecule has 22 heavy (non-hydrogen) atoms. The largest absolute Gasteiger partial charge is 0.332 e. The second-order valence-electron chi connectivity index (χ2n) is 5.49. The average Bonchev–Trinajstić information content (AvgIpc) is 3.10. The van der Waals surface area contributed by atoms with Gasteiger partial charge in [-0.2, -0.15) is 10.1 Å². The molecule has 0 spiro atoms. The predicted octanol–water partition coefficient (Wildman–Crippen LogP) is 1.86. The highest BCUT2D eigenvalue weighted by Gasteiger charge is 2.39. The summed E-state index contributed by atoms with van der Waals surface area (Å²) in [6, 6.07) is 4.43. The summed E-state index contributed by atoms with van der Waals surface area (Å²) in [5.41, 5.74) is 6.66. The van der Waals surface area contributed by atoms with Crippen LogP contribution in [0.2, 0.25) is 0 Å². The summed E-state index contributed by atoms with van der Waals surface area (Å²) >= 11 is 0. The van der Waals surface area contributed by atoms with E-state index in [-0.39, 0.29) is 11.6 Å². The highest BCUT2D eigenvalue weighted by molar-refractivity contribution is 5.92. The minimum Gasteiger partial charge on any atom is -0.332 e. The summed E-state index contributed by atoms with van der Waals surface area (Å²) in [6.07, 6.45) is 2.68. The molecule has 1 fully saturated rings. The smallest absolute Gasteiger partial charge is 0.279 e. The van der Waals surface area contributed by atoms with Crippen LogP contribution < -0.4 is 5.73 Å². The second kappa shape index (κ2) is 4.34. The van der Waals surface area contributed by atoms with E-state index in [4.69, 9.17) is 10.3 Å². The van der Waals surface area contributed by atoms with Crippen LogP contribution in [0, 0.1) is 10.1 Å². The summed E-state index contributed by atoms with van der Waals surface area (Å²) in [6.45, 7) is 0. The van der Waals surface area contributed by atoms with Crippen LogP contribution in [0.25, 0.3) is 22.5 Å². The number of H-pyrrole nitrogens is 1. The molecule has 3 N–H and O–H groups in total. The number of non-ortho nitro benzene ring substituents is 1. The minimum atomic E-state index is -0.528. The number of aromatic amines is 1.